The number of carbonyl (C=O) groups is 1. The van der Waals surface area contributed by atoms with Gasteiger partial charge in [-0.1, -0.05) is 18.5 Å². The third-order valence-electron chi connectivity index (χ3n) is 4.72. The maximum Gasteiger partial charge on any atom is 0.344 e. The highest BCUT2D eigenvalue weighted by Gasteiger charge is 2.12. The number of hydrogen-bond acceptors (Lipinski definition) is 7. The zero-order valence-corrected chi connectivity index (χ0v) is 17.2. The molecule has 4 rings (SSSR count). The molecular weight excluding hydrogens is 424 g/mol. The fraction of sp³-hybridized carbons (Fsp3) is 0.174. The van der Waals surface area contributed by atoms with Gasteiger partial charge in [-0.25, -0.2) is 14.4 Å². The highest BCUT2D eigenvalue weighted by molar-refractivity contribution is 6.32. The van der Waals surface area contributed by atoms with E-state index in [1.165, 1.54) is 18.2 Å². The van der Waals surface area contributed by atoms with Crippen LogP contribution in [0, 0.1) is 0 Å². The second-order valence-electron chi connectivity index (χ2n) is 6.79. The van der Waals surface area contributed by atoms with Gasteiger partial charge in [0, 0.05) is 39.6 Å². The average Bonchev–Trinajstić information content (AvgIpc) is 2.75. The molecule has 0 N–H and O–H groups in total. The summed E-state index contributed by atoms with van der Waals surface area (Å²) >= 11 is 6.27. The molecule has 4 aromatic rings. The van der Waals surface area contributed by atoms with Gasteiger partial charge in [-0.05, 0) is 42.3 Å². The first-order valence-electron chi connectivity index (χ1n) is 9.50. The van der Waals surface area contributed by atoms with Crippen LogP contribution in [0.5, 0.6) is 5.75 Å². The van der Waals surface area contributed by atoms with Gasteiger partial charge < -0.3 is 18.3 Å². The van der Waals surface area contributed by atoms with Crippen LogP contribution in [0.4, 0.5) is 0 Å². The van der Waals surface area contributed by atoms with Gasteiger partial charge in [-0.15, -0.1) is 0 Å². The van der Waals surface area contributed by atoms with Gasteiger partial charge in [0.1, 0.15) is 23.5 Å². The summed E-state index contributed by atoms with van der Waals surface area (Å²) < 4.78 is 21.0. The fourth-order valence-corrected chi connectivity index (χ4v) is 3.45. The van der Waals surface area contributed by atoms with Crippen LogP contribution in [-0.4, -0.2) is 12.6 Å². The van der Waals surface area contributed by atoms with E-state index in [9.17, 15) is 14.4 Å². The Labute approximate surface area is 180 Å². The van der Waals surface area contributed by atoms with Crippen LogP contribution >= 0.6 is 11.6 Å². The molecule has 0 unspecified atom stereocenters. The Balaban J connectivity index is 1.45. The summed E-state index contributed by atoms with van der Waals surface area (Å²) in [7, 11) is 0. The molecule has 2 aromatic carbocycles. The van der Waals surface area contributed by atoms with Gasteiger partial charge in [-0.3, -0.25) is 0 Å². The first-order chi connectivity index (χ1) is 14.9. The molecule has 0 saturated carbocycles. The number of fused-ring (bicyclic) bond motifs is 2. The monoisotopic (exact) mass is 440 g/mol. The van der Waals surface area contributed by atoms with Gasteiger partial charge in [0.05, 0.1) is 0 Å². The number of ether oxygens (including phenoxy) is 2. The summed E-state index contributed by atoms with van der Waals surface area (Å²) in [5, 5.41) is 1.87. The van der Waals surface area contributed by atoms with Crippen molar-refractivity contribution in [1.82, 2.24) is 0 Å². The third-order valence-corrected chi connectivity index (χ3v) is 5.07. The Hall–Kier alpha value is -3.58. The Kier molecular flexibility index (Phi) is 5.77. The van der Waals surface area contributed by atoms with Crippen LogP contribution in [0.3, 0.4) is 0 Å². The van der Waals surface area contributed by atoms with Gasteiger partial charge >= 0.3 is 17.2 Å². The van der Waals surface area contributed by atoms with Gasteiger partial charge in [0.25, 0.3) is 0 Å². The molecular formula is C23H17ClO7. The fourth-order valence-electron chi connectivity index (χ4n) is 3.15. The number of benzene rings is 2. The Bertz CT molecular complexity index is 1400. The maximum atomic E-state index is 12.1. The topological polar surface area (TPSA) is 96.0 Å². The molecule has 0 amide bonds. The smallest absolute Gasteiger partial charge is 0.344 e. The van der Waals surface area contributed by atoms with E-state index in [0.717, 1.165) is 10.9 Å². The van der Waals surface area contributed by atoms with E-state index in [4.69, 9.17) is 29.9 Å². The number of halogens is 1. The van der Waals surface area contributed by atoms with Crippen molar-refractivity contribution in [1.29, 1.82) is 0 Å². The van der Waals surface area contributed by atoms with Crippen LogP contribution in [0.25, 0.3) is 21.9 Å². The molecule has 2 aromatic heterocycles. The van der Waals surface area contributed by atoms with Crippen LogP contribution in [0.15, 0.2) is 67.0 Å². The lowest BCUT2D eigenvalue weighted by molar-refractivity contribution is -0.147. The normalized spacial score (nSPS) is 11.0. The minimum atomic E-state index is -0.632. The van der Waals surface area contributed by atoms with Crippen molar-refractivity contribution in [3.63, 3.8) is 0 Å². The summed E-state index contributed by atoms with van der Waals surface area (Å²) in [5.41, 5.74) is 1.05. The number of carbonyl (C=O) groups excluding carboxylic acids is 1. The Morgan fingerprint density at radius 1 is 0.935 bits per heavy atom. The van der Waals surface area contributed by atoms with Crippen LogP contribution in [-0.2, 0) is 22.6 Å². The van der Waals surface area contributed by atoms with Gasteiger partial charge in [-0.2, -0.15) is 0 Å². The molecule has 0 fully saturated rings. The molecule has 0 atom stereocenters. The predicted octanol–water partition coefficient (Wildman–Crippen LogP) is 4.24. The number of aryl methyl sites for hydroxylation is 1. The summed E-state index contributed by atoms with van der Waals surface area (Å²) in [6.07, 6.45) is 0.688. The minimum absolute atomic E-state index is 0.140. The van der Waals surface area contributed by atoms with Crippen molar-refractivity contribution >= 4 is 39.5 Å². The molecule has 0 aliphatic heterocycles. The highest BCUT2D eigenvalue weighted by atomic mass is 35.5. The second-order valence-corrected chi connectivity index (χ2v) is 7.19. The number of hydrogen-bond donors (Lipinski definition) is 0. The quantitative estimate of drug-likeness (QED) is 0.327. The average molecular weight is 441 g/mol. The lowest BCUT2D eigenvalue weighted by Crippen LogP contribution is -2.15. The van der Waals surface area contributed by atoms with Gasteiger partial charge in [0.2, 0.25) is 0 Å². The lowest BCUT2D eigenvalue weighted by Gasteiger charge is -2.10. The number of rotatable bonds is 6. The molecule has 31 heavy (non-hydrogen) atoms. The molecule has 0 aliphatic rings. The summed E-state index contributed by atoms with van der Waals surface area (Å²) in [5.74, 6) is -0.282. The Morgan fingerprint density at radius 2 is 1.71 bits per heavy atom. The van der Waals surface area contributed by atoms with E-state index >= 15 is 0 Å². The first-order valence-corrected chi connectivity index (χ1v) is 9.88. The minimum Gasteiger partial charge on any atom is -0.482 e. The van der Waals surface area contributed by atoms with E-state index in [0.29, 0.717) is 39.3 Å². The van der Waals surface area contributed by atoms with E-state index in [1.807, 2.05) is 6.92 Å². The van der Waals surface area contributed by atoms with Crippen LogP contribution < -0.4 is 16.0 Å². The molecule has 7 nitrogen and oxygen atoms in total. The molecule has 2 heterocycles. The SMILES string of the molecule is CCc1cc2oc(=O)cc(COC(=O)COc3ccc4ccc(=O)oc4c3)c2cc1Cl. The van der Waals surface area contributed by atoms with Gasteiger partial charge in [0.15, 0.2) is 6.61 Å². The Morgan fingerprint density at radius 3 is 2.52 bits per heavy atom. The largest absolute Gasteiger partial charge is 0.482 e. The summed E-state index contributed by atoms with van der Waals surface area (Å²) in [6, 6.07) is 12.5. The van der Waals surface area contributed by atoms with E-state index in [2.05, 4.69) is 0 Å². The predicted molar refractivity (Wildman–Crippen MR) is 115 cm³/mol. The van der Waals surface area contributed by atoms with E-state index < -0.39 is 17.2 Å². The van der Waals surface area contributed by atoms with E-state index in [-0.39, 0.29) is 13.2 Å². The van der Waals surface area contributed by atoms with Crippen molar-refractivity contribution in [2.24, 2.45) is 0 Å². The summed E-state index contributed by atoms with van der Waals surface area (Å²) in [6.45, 7) is 1.45. The molecule has 158 valence electrons. The summed E-state index contributed by atoms with van der Waals surface area (Å²) in [4.78, 5) is 35.4. The molecule has 0 bridgehead atoms. The van der Waals surface area contributed by atoms with Crippen molar-refractivity contribution in [3.8, 4) is 5.75 Å². The molecule has 0 aliphatic carbocycles. The van der Waals surface area contributed by atoms with Crippen LogP contribution in [0.1, 0.15) is 18.1 Å². The third kappa shape index (κ3) is 4.62. The highest BCUT2D eigenvalue weighted by Crippen LogP contribution is 2.26. The van der Waals surface area contributed by atoms with Crippen molar-refractivity contribution in [2.45, 2.75) is 20.0 Å². The van der Waals surface area contributed by atoms with Crippen molar-refractivity contribution in [2.75, 3.05) is 6.61 Å². The standard InChI is InChI=1S/C23H17ClO7/c1-2-13-7-20-17(10-18(13)24)15(8-22(26)31-20)11-29-23(27)12-28-16-5-3-14-4-6-21(25)30-19(14)9-16/h3-10H,2,11-12H2,1H3. The zero-order chi connectivity index (χ0) is 22.0. The maximum absolute atomic E-state index is 12.1. The molecule has 8 heteroatoms. The first kappa shape index (κ1) is 20.7. The van der Waals surface area contributed by atoms with E-state index in [1.54, 1.807) is 30.3 Å². The van der Waals surface area contributed by atoms with Crippen LogP contribution in [0.2, 0.25) is 5.02 Å². The van der Waals surface area contributed by atoms with Crippen molar-refractivity contribution in [3.05, 3.63) is 85.5 Å². The zero-order valence-electron chi connectivity index (χ0n) is 16.5. The lowest BCUT2D eigenvalue weighted by atomic mass is 10.1. The molecule has 0 spiro atoms. The molecule has 0 radical (unpaired) electrons. The number of esters is 1. The van der Waals surface area contributed by atoms with Crippen molar-refractivity contribution < 1.29 is 23.1 Å². The second kappa shape index (κ2) is 8.65. The molecule has 0 saturated heterocycles.